The monoisotopic (exact) mass is 291 g/mol. The zero-order chi connectivity index (χ0) is 15.3. The zero-order valence-electron chi connectivity index (χ0n) is 13.9. The molecule has 1 aliphatic rings. The van der Waals surface area contributed by atoms with Crippen molar-refractivity contribution in [3.8, 4) is 0 Å². The fourth-order valence-corrected chi connectivity index (χ4v) is 2.46. The van der Waals surface area contributed by atoms with Gasteiger partial charge in [0.2, 0.25) is 0 Å². The molecular formula is C17H29N3O. The third-order valence-electron chi connectivity index (χ3n) is 3.77. The first kappa shape index (κ1) is 16.2. The Labute approximate surface area is 128 Å². The molecule has 0 radical (unpaired) electrons. The number of hydrogen-bond donors (Lipinski definition) is 1. The lowest BCUT2D eigenvalue weighted by Gasteiger charge is -2.25. The number of nitrogens with zero attached hydrogens (tertiary/aromatic N) is 2. The molecule has 2 heterocycles. The van der Waals surface area contributed by atoms with E-state index in [1.54, 1.807) is 0 Å². The molecule has 1 saturated heterocycles. The predicted octanol–water partition coefficient (Wildman–Crippen LogP) is 2.72. The number of rotatable bonds is 4. The normalized spacial score (nSPS) is 16.9. The summed E-state index contributed by atoms with van der Waals surface area (Å²) in [5, 5.41) is 3.41. The van der Waals surface area contributed by atoms with Crippen molar-refractivity contribution in [1.29, 1.82) is 0 Å². The molecule has 0 atom stereocenters. The average molecular weight is 291 g/mol. The van der Waals surface area contributed by atoms with E-state index in [1.807, 2.05) is 0 Å². The van der Waals surface area contributed by atoms with Crippen LogP contribution >= 0.6 is 0 Å². The van der Waals surface area contributed by atoms with E-state index < -0.39 is 0 Å². The van der Waals surface area contributed by atoms with E-state index in [2.05, 4.69) is 50.0 Å². The molecule has 1 aromatic heterocycles. The fraction of sp³-hybridized carbons (Fsp3) is 0.706. The summed E-state index contributed by atoms with van der Waals surface area (Å²) in [5.74, 6) is 1.10. The van der Waals surface area contributed by atoms with Gasteiger partial charge in [-0.2, -0.15) is 0 Å². The van der Waals surface area contributed by atoms with Crippen LogP contribution in [0, 0.1) is 0 Å². The third kappa shape index (κ3) is 4.68. The van der Waals surface area contributed by atoms with Gasteiger partial charge in [-0.05, 0) is 30.7 Å². The summed E-state index contributed by atoms with van der Waals surface area (Å²) in [7, 11) is 0. The lowest BCUT2D eigenvalue weighted by atomic mass is 9.90. The first-order valence-corrected chi connectivity index (χ1v) is 8.05. The summed E-state index contributed by atoms with van der Waals surface area (Å²) in [6, 6.07) is 4.46. The summed E-state index contributed by atoms with van der Waals surface area (Å²) >= 11 is 0. The van der Waals surface area contributed by atoms with Crippen LogP contribution in [-0.2, 0) is 16.7 Å². The summed E-state index contributed by atoms with van der Waals surface area (Å²) in [4.78, 5) is 7.28. The van der Waals surface area contributed by atoms with Crippen molar-refractivity contribution < 1.29 is 4.74 Å². The smallest absolute Gasteiger partial charge is 0.129 e. The van der Waals surface area contributed by atoms with E-state index in [0.29, 0.717) is 0 Å². The summed E-state index contributed by atoms with van der Waals surface area (Å²) in [6.07, 6.45) is 1.07. The van der Waals surface area contributed by atoms with Crippen molar-refractivity contribution in [2.75, 3.05) is 37.7 Å². The Balaban J connectivity index is 2.29. The van der Waals surface area contributed by atoms with Gasteiger partial charge in [-0.25, -0.2) is 4.98 Å². The molecule has 1 aliphatic heterocycles. The maximum atomic E-state index is 5.56. The van der Waals surface area contributed by atoms with Crippen molar-refractivity contribution in [1.82, 2.24) is 10.3 Å². The van der Waals surface area contributed by atoms with Gasteiger partial charge in [0, 0.05) is 37.4 Å². The standard InChI is InChI=1S/C17H29N3O/c1-5-18-13-14-11-15(17(2,3)4)19-16(12-14)20-7-6-9-21-10-8-20/h11-12,18H,5-10,13H2,1-4H3. The van der Waals surface area contributed by atoms with Crippen LogP contribution in [-0.4, -0.2) is 37.8 Å². The third-order valence-corrected chi connectivity index (χ3v) is 3.77. The van der Waals surface area contributed by atoms with Gasteiger partial charge in [-0.1, -0.05) is 27.7 Å². The Morgan fingerprint density at radius 1 is 1.24 bits per heavy atom. The average Bonchev–Trinajstić information content (AvgIpc) is 2.73. The highest BCUT2D eigenvalue weighted by Crippen LogP contribution is 2.25. The number of pyridine rings is 1. The zero-order valence-corrected chi connectivity index (χ0v) is 13.9. The maximum Gasteiger partial charge on any atom is 0.129 e. The van der Waals surface area contributed by atoms with Crippen molar-refractivity contribution in [3.63, 3.8) is 0 Å². The number of aromatic nitrogens is 1. The Kier molecular flexibility index (Phi) is 5.59. The molecule has 118 valence electrons. The first-order chi connectivity index (χ1) is 10.0. The fourth-order valence-electron chi connectivity index (χ4n) is 2.46. The highest BCUT2D eigenvalue weighted by atomic mass is 16.5. The van der Waals surface area contributed by atoms with Crippen LogP contribution in [0.25, 0.3) is 0 Å². The molecule has 1 aromatic rings. The van der Waals surface area contributed by atoms with Crippen LogP contribution in [0.4, 0.5) is 5.82 Å². The van der Waals surface area contributed by atoms with Gasteiger partial charge in [0.25, 0.3) is 0 Å². The second-order valence-corrected chi connectivity index (χ2v) is 6.70. The summed E-state index contributed by atoms with van der Waals surface area (Å²) < 4.78 is 5.56. The second kappa shape index (κ2) is 7.23. The molecule has 4 nitrogen and oxygen atoms in total. The van der Waals surface area contributed by atoms with E-state index in [1.165, 1.54) is 5.56 Å². The van der Waals surface area contributed by atoms with E-state index in [9.17, 15) is 0 Å². The van der Waals surface area contributed by atoms with Crippen LogP contribution in [0.1, 0.15) is 45.4 Å². The van der Waals surface area contributed by atoms with Gasteiger partial charge >= 0.3 is 0 Å². The van der Waals surface area contributed by atoms with Gasteiger partial charge in [0.15, 0.2) is 0 Å². The van der Waals surface area contributed by atoms with Gasteiger partial charge in [-0.15, -0.1) is 0 Å². The molecule has 0 amide bonds. The van der Waals surface area contributed by atoms with Crippen LogP contribution < -0.4 is 10.2 Å². The summed E-state index contributed by atoms with van der Waals surface area (Å²) in [6.45, 7) is 14.3. The van der Waals surface area contributed by atoms with Crippen LogP contribution in [0.2, 0.25) is 0 Å². The van der Waals surface area contributed by atoms with Crippen molar-refractivity contribution in [3.05, 3.63) is 23.4 Å². The van der Waals surface area contributed by atoms with Gasteiger partial charge in [-0.3, -0.25) is 0 Å². The second-order valence-electron chi connectivity index (χ2n) is 6.70. The molecule has 4 heteroatoms. The van der Waals surface area contributed by atoms with E-state index >= 15 is 0 Å². The lowest BCUT2D eigenvalue weighted by Crippen LogP contribution is -2.28. The van der Waals surface area contributed by atoms with Crippen LogP contribution in [0.3, 0.4) is 0 Å². The lowest BCUT2D eigenvalue weighted by molar-refractivity contribution is 0.152. The minimum atomic E-state index is 0.0688. The molecule has 0 aromatic carbocycles. The quantitative estimate of drug-likeness (QED) is 0.925. The Morgan fingerprint density at radius 3 is 2.76 bits per heavy atom. The first-order valence-electron chi connectivity index (χ1n) is 8.05. The molecule has 0 saturated carbocycles. The molecule has 0 spiro atoms. The molecule has 0 unspecified atom stereocenters. The number of hydrogen-bond acceptors (Lipinski definition) is 4. The van der Waals surface area contributed by atoms with Crippen molar-refractivity contribution in [2.24, 2.45) is 0 Å². The maximum absolute atomic E-state index is 5.56. The molecule has 1 N–H and O–H groups in total. The topological polar surface area (TPSA) is 37.4 Å². The van der Waals surface area contributed by atoms with Gasteiger partial charge < -0.3 is 15.0 Å². The molecule has 0 bridgehead atoms. The highest BCUT2D eigenvalue weighted by Gasteiger charge is 2.19. The highest BCUT2D eigenvalue weighted by molar-refractivity contribution is 5.44. The Hall–Kier alpha value is -1.13. The largest absolute Gasteiger partial charge is 0.380 e. The molecule has 1 fully saturated rings. The summed E-state index contributed by atoms with van der Waals surface area (Å²) in [5.41, 5.74) is 2.55. The van der Waals surface area contributed by atoms with E-state index in [0.717, 1.165) is 57.3 Å². The minimum Gasteiger partial charge on any atom is -0.380 e. The Bertz CT molecular complexity index is 446. The van der Waals surface area contributed by atoms with Crippen LogP contribution in [0.5, 0.6) is 0 Å². The molecule has 21 heavy (non-hydrogen) atoms. The number of ether oxygens (including phenoxy) is 1. The minimum absolute atomic E-state index is 0.0688. The van der Waals surface area contributed by atoms with E-state index in [4.69, 9.17) is 9.72 Å². The Morgan fingerprint density at radius 2 is 2.05 bits per heavy atom. The SMILES string of the molecule is CCNCc1cc(N2CCCOCC2)nc(C(C)(C)C)c1. The number of nitrogens with one attached hydrogen (secondary N) is 1. The van der Waals surface area contributed by atoms with Gasteiger partial charge in [0.05, 0.1) is 6.61 Å². The van der Waals surface area contributed by atoms with E-state index in [-0.39, 0.29) is 5.41 Å². The molecule has 2 rings (SSSR count). The molecule has 0 aliphatic carbocycles. The van der Waals surface area contributed by atoms with Crippen molar-refractivity contribution in [2.45, 2.75) is 46.1 Å². The van der Waals surface area contributed by atoms with Crippen molar-refractivity contribution >= 4 is 5.82 Å². The molecular weight excluding hydrogens is 262 g/mol. The van der Waals surface area contributed by atoms with Crippen LogP contribution in [0.15, 0.2) is 12.1 Å². The van der Waals surface area contributed by atoms with Gasteiger partial charge in [0.1, 0.15) is 5.82 Å². The predicted molar refractivity (Wildman–Crippen MR) is 88.0 cm³/mol. The number of anilines is 1.